The molecule has 1 aromatic carbocycles. The standard InChI is InChI=1S/C17H17NO2S/c19-17(20)13-8-9-18-16(10-13)21-11-14-6-3-5-12-4-1-2-7-15(12)14/h1-2,4,7-10,14H,3,5-6,11H2,(H,19,20). The van der Waals surface area contributed by atoms with Gasteiger partial charge in [0.1, 0.15) is 0 Å². The maximum absolute atomic E-state index is 11.0. The minimum atomic E-state index is -0.901. The highest BCUT2D eigenvalue weighted by atomic mass is 32.2. The first kappa shape index (κ1) is 14.1. The Morgan fingerprint density at radius 2 is 2.19 bits per heavy atom. The highest BCUT2D eigenvalue weighted by molar-refractivity contribution is 7.99. The molecule has 0 bridgehead atoms. The van der Waals surface area contributed by atoms with Gasteiger partial charge in [-0.3, -0.25) is 0 Å². The molecule has 3 rings (SSSR count). The van der Waals surface area contributed by atoms with Gasteiger partial charge in [-0.2, -0.15) is 0 Å². The average molecular weight is 299 g/mol. The van der Waals surface area contributed by atoms with Crippen molar-refractivity contribution >= 4 is 17.7 Å². The number of carboxylic acids is 1. The Labute approximate surface area is 128 Å². The zero-order valence-electron chi connectivity index (χ0n) is 11.7. The molecule has 1 atom stereocenters. The van der Waals surface area contributed by atoms with Crippen LogP contribution in [0, 0.1) is 0 Å². The summed E-state index contributed by atoms with van der Waals surface area (Å²) in [6.07, 6.45) is 5.16. The molecule has 0 fully saturated rings. The van der Waals surface area contributed by atoms with Crippen molar-refractivity contribution in [3.8, 4) is 0 Å². The van der Waals surface area contributed by atoms with Crippen LogP contribution in [-0.4, -0.2) is 21.8 Å². The topological polar surface area (TPSA) is 50.2 Å². The lowest BCUT2D eigenvalue weighted by Gasteiger charge is -2.25. The monoisotopic (exact) mass is 299 g/mol. The number of nitrogens with zero attached hydrogens (tertiary/aromatic N) is 1. The number of carbonyl (C=O) groups is 1. The Balaban J connectivity index is 1.71. The van der Waals surface area contributed by atoms with Gasteiger partial charge in [0.05, 0.1) is 10.6 Å². The Hall–Kier alpha value is -1.81. The van der Waals surface area contributed by atoms with Crippen LogP contribution in [0.4, 0.5) is 0 Å². The number of hydrogen-bond donors (Lipinski definition) is 1. The molecule has 0 spiro atoms. The molecule has 1 unspecified atom stereocenters. The van der Waals surface area contributed by atoms with Crippen LogP contribution in [0.3, 0.4) is 0 Å². The van der Waals surface area contributed by atoms with Crippen LogP contribution in [0.2, 0.25) is 0 Å². The van der Waals surface area contributed by atoms with Crippen LogP contribution in [-0.2, 0) is 6.42 Å². The van der Waals surface area contributed by atoms with E-state index in [0.29, 0.717) is 11.5 Å². The number of fused-ring (bicyclic) bond motifs is 1. The fourth-order valence-electron chi connectivity index (χ4n) is 2.84. The van der Waals surface area contributed by atoms with Gasteiger partial charge in [-0.05, 0) is 48.4 Å². The van der Waals surface area contributed by atoms with Gasteiger partial charge >= 0.3 is 5.97 Å². The number of carboxylic acid groups (broad SMARTS) is 1. The molecule has 1 N–H and O–H groups in total. The molecule has 0 saturated heterocycles. The Morgan fingerprint density at radius 1 is 1.33 bits per heavy atom. The van der Waals surface area contributed by atoms with E-state index < -0.39 is 5.97 Å². The van der Waals surface area contributed by atoms with E-state index in [1.54, 1.807) is 24.0 Å². The third-order valence-corrected chi connectivity index (χ3v) is 5.00. The first-order valence-electron chi connectivity index (χ1n) is 7.14. The smallest absolute Gasteiger partial charge is 0.335 e. The molecule has 21 heavy (non-hydrogen) atoms. The molecule has 1 aromatic heterocycles. The van der Waals surface area contributed by atoms with E-state index >= 15 is 0 Å². The second-order valence-corrected chi connectivity index (χ2v) is 6.33. The number of benzene rings is 1. The lowest BCUT2D eigenvalue weighted by atomic mass is 9.84. The second kappa shape index (κ2) is 6.31. The maximum atomic E-state index is 11.0. The van der Waals surface area contributed by atoms with Crippen LogP contribution in [0.25, 0.3) is 0 Å². The zero-order valence-corrected chi connectivity index (χ0v) is 12.5. The molecule has 0 amide bonds. The highest BCUT2D eigenvalue weighted by Gasteiger charge is 2.20. The van der Waals surface area contributed by atoms with E-state index in [-0.39, 0.29) is 0 Å². The zero-order chi connectivity index (χ0) is 14.7. The van der Waals surface area contributed by atoms with E-state index in [9.17, 15) is 4.79 Å². The van der Waals surface area contributed by atoms with Crippen LogP contribution in [0.1, 0.15) is 40.2 Å². The molecule has 0 saturated carbocycles. The van der Waals surface area contributed by atoms with Crippen LogP contribution >= 0.6 is 11.8 Å². The molecule has 1 heterocycles. The number of pyridine rings is 1. The van der Waals surface area contributed by atoms with Crippen molar-refractivity contribution < 1.29 is 9.90 Å². The molecule has 108 valence electrons. The summed E-state index contributed by atoms with van der Waals surface area (Å²) < 4.78 is 0. The van der Waals surface area contributed by atoms with E-state index in [2.05, 4.69) is 29.2 Å². The summed E-state index contributed by atoms with van der Waals surface area (Å²) in [5.41, 5.74) is 3.21. The number of hydrogen-bond acceptors (Lipinski definition) is 3. The van der Waals surface area contributed by atoms with Gasteiger partial charge in [-0.25, -0.2) is 9.78 Å². The van der Waals surface area contributed by atoms with Gasteiger partial charge in [0.15, 0.2) is 0 Å². The molecular weight excluding hydrogens is 282 g/mol. The summed E-state index contributed by atoms with van der Waals surface area (Å²) in [7, 11) is 0. The molecule has 1 aliphatic carbocycles. The van der Waals surface area contributed by atoms with E-state index in [4.69, 9.17) is 5.11 Å². The second-order valence-electron chi connectivity index (χ2n) is 5.29. The van der Waals surface area contributed by atoms with Gasteiger partial charge in [-0.1, -0.05) is 24.3 Å². The van der Waals surface area contributed by atoms with Crippen molar-refractivity contribution in [2.24, 2.45) is 0 Å². The fraction of sp³-hybridized carbons (Fsp3) is 0.294. The van der Waals surface area contributed by atoms with Crippen molar-refractivity contribution in [3.63, 3.8) is 0 Å². The first-order valence-corrected chi connectivity index (χ1v) is 8.12. The summed E-state index contributed by atoms with van der Waals surface area (Å²) in [5, 5.41) is 9.81. The molecule has 1 aliphatic rings. The normalized spacial score (nSPS) is 17.2. The van der Waals surface area contributed by atoms with Crippen LogP contribution < -0.4 is 0 Å². The summed E-state index contributed by atoms with van der Waals surface area (Å²) in [6.45, 7) is 0. The quantitative estimate of drug-likeness (QED) is 0.867. The largest absolute Gasteiger partial charge is 0.478 e. The van der Waals surface area contributed by atoms with Gasteiger partial charge in [0.25, 0.3) is 0 Å². The van der Waals surface area contributed by atoms with Crippen molar-refractivity contribution in [1.29, 1.82) is 0 Å². The molecule has 2 aromatic rings. The van der Waals surface area contributed by atoms with Crippen molar-refractivity contribution in [3.05, 3.63) is 59.3 Å². The van der Waals surface area contributed by atoms with Gasteiger partial charge < -0.3 is 5.11 Å². The van der Waals surface area contributed by atoms with Crippen LogP contribution in [0.5, 0.6) is 0 Å². The minimum Gasteiger partial charge on any atom is -0.478 e. The van der Waals surface area contributed by atoms with E-state index in [0.717, 1.165) is 10.8 Å². The molecular formula is C17H17NO2S. The minimum absolute atomic E-state index is 0.302. The van der Waals surface area contributed by atoms with Crippen molar-refractivity contribution in [1.82, 2.24) is 4.98 Å². The maximum Gasteiger partial charge on any atom is 0.335 e. The SMILES string of the molecule is O=C(O)c1ccnc(SCC2CCCc3ccccc32)c1. The Morgan fingerprint density at radius 3 is 3.05 bits per heavy atom. The number of aryl methyl sites for hydroxylation is 1. The Kier molecular flexibility index (Phi) is 4.25. The Bertz CT molecular complexity index is 657. The van der Waals surface area contributed by atoms with Crippen LogP contribution in [0.15, 0.2) is 47.6 Å². The third-order valence-electron chi connectivity index (χ3n) is 3.91. The number of aromatic nitrogens is 1. The predicted octanol–water partition coefficient (Wildman–Crippen LogP) is 3.99. The number of thioether (sulfide) groups is 1. The molecule has 0 aliphatic heterocycles. The predicted molar refractivity (Wildman–Crippen MR) is 84.0 cm³/mol. The molecule has 0 radical (unpaired) electrons. The van der Waals surface area contributed by atoms with Gasteiger partial charge in [0.2, 0.25) is 0 Å². The van der Waals surface area contributed by atoms with E-state index in [1.807, 2.05) is 0 Å². The summed E-state index contributed by atoms with van der Waals surface area (Å²) in [4.78, 5) is 15.2. The van der Waals surface area contributed by atoms with E-state index in [1.165, 1.54) is 36.5 Å². The lowest BCUT2D eigenvalue weighted by Crippen LogP contribution is -2.11. The average Bonchev–Trinajstić information content (AvgIpc) is 2.53. The summed E-state index contributed by atoms with van der Waals surface area (Å²) in [6, 6.07) is 11.8. The highest BCUT2D eigenvalue weighted by Crippen LogP contribution is 2.35. The van der Waals surface area contributed by atoms with Gasteiger partial charge in [0, 0.05) is 11.9 Å². The third kappa shape index (κ3) is 3.27. The fourth-order valence-corrected chi connectivity index (χ4v) is 3.90. The first-order chi connectivity index (χ1) is 10.2. The van der Waals surface area contributed by atoms with Crippen molar-refractivity contribution in [2.45, 2.75) is 30.2 Å². The summed E-state index contributed by atoms with van der Waals surface area (Å²) in [5.74, 6) is 0.588. The van der Waals surface area contributed by atoms with Crippen molar-refractivity contribution in [2.75, 3.05) is 5.75 Å². The summed E-state index contributed by atoms with van der Waals surface area (Å²) >= 11 is 1.65. The molecule has 4 heteroatoms. The number of aromatic carboxylic acids is 1. The number of rotatable bonds is 4. The van der Waals surface area contributed by atoms with Gasteiger partial charge in [-0.15, -0.1) is 11.8 Å². The lowest BCUT2D eigenvalue weighted by molar-refractivity contribution is 0.0696. The molecule has 3 nitrogen and oxygen atoms in total.